The average molecular weight is 2010 g/mol. The van der Waals surface area contributed by atoms with Crippen molar-refractivity contribution >= 4 is 40.5 Å². The van der Waals surface area contributed by atoms with Gasteiger partial charge in [-0.2, -0.15) is 0 Å². The van der Waals surface area contributed by atoms with Crippen LogP contribution < -0.4 is 0 Å². The van der Waals surface area contributed by atoms with Gasteiger partial charge in [0.25, 0.3) is 0 Å². The summed E-state index contributed by atoms with van der Waals surface area (Å²) in [6, 6.07) is 27.1. The van der Waals surface area contributed by atoms with E-state index in [2.05, 4.69) is 261 Å². The van der Waals surface area contributed by atoms with E-state index in [4.69, 9.17) is 0 Å². The predicted octanol–water partition coefficient (Wildman–Crippen LogP) is 38.5. The molecule has 4 aromatic rings. The first-order chi connectivity index (χ1) is 64.8. The number of rotatable bonds is 27. The second-order valence-electron chi connectivity index (χ2n) is 62.9. The van der Waals surface area contributed by atoms with Gasteiger partial charge in [-0.25, -0.2) is 17.6 Å². The fraction of sp³-hybridized carbons (Fsp3) is 0.767. The molecular weight excluding hydrogens is 1790 g/mol. The van der Waals surface area contributed by atoms with Gasteiger partial charge in [0.1, 0.15) is 46.3 Å². The molecule has 8 fully saturated rings. The molecule has 0 aliphatic heterocycles. The van der Waals surface area contributed by atoms with Crippen LogP contribution in [0.25, 0.3) is 0 Å². The Morgan fingerprint density at radius 1 is 0.299 bits per heavy atom. The summed E-state index contributed by atoms with van der Waals surface area (Å²) in [5.41, 5.74) is 5.07. The third-order valence-electron chi connectivity index (χ3n) is 31.1. The molecular formula is C133H218F4O7. The lowest BCUT2D eigenvalue weighted by molar-refractivity contribution is -0.136. The minimum Gasteiger partial charge on any atom is -0.299 e. The van der Waals surface area contributed by atoms with E-state index in [1.165, 1.54) is 131 Å². The fourth-order valence-electron chi connectivity index (χ4n) is 25.1. The van der Waals surface area contributed by atoms with Crippen LogP contribution in [0.1, 0.15) is 503 Å². The van der Waals surface area contributed by atoms with Crippen LogP contribution in [0, 0.1) is 196 Å². The van der Waals surface area contributed by atoms with Crippen molar-refractivity contribution in [1.29, 1.82) is 0 Å². The molecule has 0 amide bonds. The second-order valence-corrected chi connectivity index (χ2v) is 62.9. The van der Waals surface area contributed by atoms with E-state index in [1.54, 1.807) is 20.8 Å². The van der Waals surface area contributed by atoms with Crippen molar-refractivity contribution in [2.24, 2.45) is 152 Å². The summed E-state index contributed by atoms with van der Waals surface area (Å²) in [4.78, 5) is 89.6. The molecule has 11 heteroatoms. The monoisotopic (exact) mass is 2000 g/mol. The van der Waals surface area contributed by atoms with Crippen molar-refractivity contribution in [2.45, 2.75) is 504 Å². The smallest absolute Gasteiger partial charge is 0.195 e. The van der Waals surface area contributed by atoms with E-state index in [0.29, 0.717) is 52.0 Å². The zero-order valence-electron chi connectivity index (χ0n) is 101. The molecule has 7 nitrogen and oxygen atoms in total. The van der Waals surface area contributed by atoms with Crippen LogP contribution in [0.15, 0.2) is 78.9 Å². The predicted molar refractivity (Wildman–Crippen MR) is 604 cm³/mol. The Morgan fingerprint density at radius 2 is 0.604 bits per heavy atom. The lowest BCUT2D eigenvalue weighted by Crippen LogP contribution is -2.48. The van der Waals surface area contributed by atoms with E-state index in [9.17, 15) is 51.1 Å². The van der Waals surface area contributed by atoms with Gasteiger partial charge >= 0.3 is 0 Å². The van der Waals surface area contributed by atoms with Gasteiger partial charge < -0.3 is 0 Å². The van der Waals surface area contributed by atoms with Crippen LogP contribution in [-0.2, 0) is 52.8 Å². The van der Waals surface area contributed by atoms with Gasteiger partial charge in [0.2, 0.25) is 0 Å². The van der Waals surface area contributed by atoms with Crippen molar-refractivity contribution in [1.82, 2.24) is 0 Å². The van der Waals surface area contributed by atoms with Crippen molar-refractivity contribution < 1.29 is 51.1 Å². The molecule has 0 unspecified atom stereocenters. The summed E-state index contributed by atoms with van der Waals surface area (Å²) < 4.78 is 55.5. The Labute approximate surface area is 882 Å². The highest BCUT2D eigenvalue weighted by Crippen LogP contribution is 2.63. The molecule has 6 bridgehead atoms. The summed E-state index contributed by atoms with van der Waals surface area (Å²) in [6.45, 7) is 93.7. The lowest BCUT2D eigenvalue weighted by Gasteiger charge is -2.58. The fourth-order valence-corrected chi connectivity index (χ4v) is 25.1. The van der Waals surface area contributed by atoms with Crippen LogP contribution in [0.5, 0.6) is 0 Å². The number of aryl methyl sites for hydroxylation is 2. The largest absolute Gasteiger partial charge is 0.299 e. The number of fused-ring (bicyclic) bond motifs is 3. The summed E-state index contributed by atoms with van der Waals surface area (Å²) in [5.74, 6) is 1.68. The third-order valence-corrected chi connectivity index (χ3v) is 31.1. The molecule has 8 aliphatic rings. The quantitative estimate of drug-likeness (QED) is 0.0331. The summed E-state index contributed by atoms with van der Waals surface area (Å²) in [5, 5.41) is 0. The molecule has 0 saturated heterocycles. The zero-order valence-corrected chi connectivity index (χ0v) is 101. The molecule has 0 heterocycles. The van der Waals surface area contributed by atoms with Crippen molar-refractivity contribution in [3.8, 4) is 0 Å². The van der Waals surface area contributed by atoms with E-state index in [0.717, 1.165) is 106 Å². The maximum absolute atomic E-state index is 14.3. The molecule has 144 heavy (non-hydrogen) atoms. The number of carbonyl (C=O) groups is 7. The van der Waals surface area contributed by atoms with Gasteiger partial charge in [0, 0.05) is 90.5 Å². The van der Waals surface area contributed by atoms with Crippen molar-refractivity contribution in [3.05, 3.63) is 141 Å². The van der Waals surface area contributed by atoms with Gasteiger partial charge in [-0.15, -0.1) is 0 Å². The molecule has 0 spiro atoms. The molecule has 0 aromatic heterocycles. The van der Waals surface area contributed by atoms with Gasteiger partial charge in [0.05, 0.1) is 0 Å². The van der Waals surface area contributed by atoms with Crippen LogP contribution >= 0.6 is 0 Å². The number of carbonyl (C=O) groups excluding carboxylic acids is 7. The first-order valence-electron chi connectivity index (χ1n) is 56.6. The maximum atomic E-state index is 14.3. The Kier molecular flexibility index (Phi) is 46.8. The number of Topliss-reactive ketones (excluding diaryl/α,β-unsaturated/α-hetero) is 7. The highest BCUT2D eigenvalue weighted by Gasteiger charge is 2.54. The van der Waals surface area contributed by atoms with Crippen LogP contribution in [0.2, 0.25) is 0 Å². The number of halogens is 4. The number of ketones is 7. The SMILES string of the molecule is CC(C)(C)C[C@@H](CC12CC3CC(CC(C3)C1)C2)C(=O)C(C)(C)C.CC(C)(C)C[C@@H](CC12CCC(CC1)CC2)C(=O)C(C)(C)C.CC(C)(C)C[C@@H](CC1CCCC1)C(=O)C(C)(C)C.CC(C)(C)C[C@H](C(=O)C(C)(C)C)c1ccccc1.Cc1c(F)c(F)c(F)c(C[C@H](CC(C)(C)C)C(=O)C(C)(C)C)c1F.Cc1ccc(C[C@H](CC(C)(C)C)C(=O)C(C)(C)C)cc1.Cc1ccccc1C[C@H](CC(C)(C)C)C(=O)C(C)(C)C. The molecule has 8 aliphatic carbocycles. The Hall–Kier alpha value is -5.71. The highest BCUT2D eigenvalue weighted by atomic mass is 19.2. The van der Waals surface area contributed by atoms with Crippen molar-refractivity contribution in [3.63, 3.8) is 0 Å². The first-order valence-corrected chi connectivity index (χ1v) is 56.6. The van der Waals surface area contributed by atoms with Crippen molar-refractivity contribution in [2.75, 3.05) is 0 Å². The molecule has 8 saturated carbocycles. The number of hydrogen-bond donors (Lipinski definition) is 0. The molecule has 820 valence electrons. The molecule has 0 radical (unpaired) electrons. The average Bonchev–Trinajstić information content (AvgIpc) is 0.764. The topological polar surface area (TPSA) is 119 Å². The van der Waals surface area contributed by atoms with Gasteiger partial charge in [-0.1, -0.05) is 401 Å². The first kappa shape index (κ1) is 131. The van der Waals surface area contributed by atoms with Gasteiger partial charge in [-0.05, 0) is 282 Å². The van der Waals surface area contributed by atoms with E-state index >= 15 is 0 Å². The minimum atomic E-state index is -1.69. The van der Waals surface area contributed by atoms with Crippen LogP contribution in [0.4, 0.5) is 17.6 Å². The maximum Gasteiger partial charge on any atom is 0.195 e. The van der Waals surface area contributed by atoms with E-state index in [-0.39, 0.29) is 118 Å². The summed E-state index contributed by atoms with van der Waals surface area (Å²) in [6.07, 6.45) is 33.9. The normalized spacial score (nSPS) is 21.2. The molecule has 4 aromatic carbocycles. The Balaban J connectivity index is 0.000000351. The summed E-state index contributed by atoms with van der Waals surface area (Å²) in [7, 11) is 0. The standard InChI is InChI=1S/C22H38O.C20H36O.C19H26F4O.2C19H30O.C17H32O.C17H26O/c1-20(2,3)13-18(19(23)21(4,5)6)14-22-10-15-7-16(11-22)9-17(8-15)12-22;1-18(2,3)13-16(17(21)19(4,5)6)14-20-10-7-15(8-11-20)9-12-20;1-10-13(20)12(15(22)16(23)14(10)21)8-11(9-18(2,3)4)17(24)19(5,6)7;1-14-8-10-15(11-9-14)12-16(13-18(2,3)4)17(20)19(5,6)7;1-14-10-8-9-11-15(14)12-16(13-18(2,3)4)17(20)19(5,6)7;1-16(2,3)12-14(15(18)17(4,5)6)11-13-9-7-8-10-13;1-16(2,3)12-14(15(18)17(4,5)6)13-10-8-7-9-11-13/h15-18H,7-14H2,1-6H3;15-16H,7-14H2,1-6H3;11H,8-9H2,1-7H3;2*8-11,16H,12-13H2,1-7H3;13-14H,7-12H2,1-6H3;7-11,14H,12H2,1-6H3/t15?,16?,17?,18-,22?;15?,16-,20?;11-;2*16-;2*14-/m0011110/s1. The third kappa shape index (κ3) is 45.4. The lowest BCUT2D eigenvalue weighted by atomic mass is 9.47. The summed E-state index contributed by atoms with van der Waals surface area (Å²) >= 11 is 0. The number of benzene rings is 4. The van der Waals surface area contributed by atoms with Crippen LogP contribution in [0.3, 0.4) is 0 Å². The zero-order chi connectivity index (χ0) is 111. The van der Waals surface area contributed by atoms with Gasteiger partial charge in [0.15, 0.2) is 17.5 Å². The van der Waals surface area contributed by atoms with E-state index in [1.807, 2.05) is 101 Å². The Morgan fingerprint density at radius 3 is 0.951 bits per heavy atom. The van der Waals surface area contributed by atoms with E-state index < -0.39 is 45.7 Å². The van der Waals surface area contributed by atoms with Gasteiger partial charge in [-0.3, -0.25) is 33.6 Å². The Bertz CT molecular complexity index is 4620. The number of hydrogen-bond acceptors (Lipinski definition) is 7. The minimum absolute atomic E-state index is 0.00574. The second kappa shape index (κ2) is 51.6. The van der Waals surface area contributed by atoms with Crippen LogP contribution in [-0.4, -0.2) is 40.5 Å². The molecule has 7 atom stereocenters. The molecule has 12 rings (SSSR count). The highest BCUT2D eigenvalue weighted by molar-refractivity contribution is 5.91. The molecule has 0 N–H and O–H groups in total.